The number of carbonyl (C=O) groups is 2. The standard InChI is InChI=1S/C12H10N2O6/c1-20-8(15)5-14-7-4-2-3-6(12(18)19)9(7)13-10(16)11(14)17/h2-4H,5H2,1H3,(H,13,16)(H,18,19). The first-order valence-corrected chi connectivity index (χ1v) is 5.51. The van der Waals surface area contributed by atoms with Crippen LogP contribution < -0.4 is 11.1 Å². The van der Waals surface area contributed by atoms with Crippen LogP contribution in [-0.4, -0.2) is 33.7 Å². The van der Waals surface area contributed by atoms with Crippen molar-refractivity contribution in [2.45, 2.75) is 6.54 Å². The quantitative estimate of drug-likeness (QED) is 0.580. The number of carbonyl (C=O) groups excluding carboxylic acids is 1. The smallest absolute Gasteiger partial charge is 0.337 e. The van der Waals surface area contributed by atoms with E-state index in [1.54, 1.807) is 0 Å². The van der Waals surface area contributed by atoms with Gasteiger partial charge in [-0.1, -0.05) is 6.07 Å². The Morgan fingerprint density at radius 1 is 1.35 bits per heavy atom. The molecular weight excluding hydrogens is 268 g/mol. The van der Waals surface area contributed by atoms with Crippen LogP contribution in [0.5, 0.6) is 0 Å². The second-order valence-electron chi connectivity index (χ2n) is 3.93. The topological polar surface area (TPSA) is 118 Å². The average Bonchev–Trinajstić information content (AvgIpc) is 2.42. The number of esters is 1. The minimum absolute atomic E-state index is 0.0199. The van der Waals surface area contributed by atoms with E-state index in [-0.39, 0.29) is 16.6 Å². The molecule has 0 amide bonds. The minimum atomic E-state index is -1.26. The fourth-order valence-electron chi connectivity index (χ4n) is 1.82. The molecule has 0 unspecified atom stereocenters. The molecule has 0 radical (unpaired) electrons. The minimum Gasteiger partial charge on any atom is -0.478 e. The number of benzene rings is 1. The lowest BCUT2D eigenvalue weighted by atomic mass is 10.1. The van der Waals surface area contributed by atoms with E-state index >= 15 is 0 Å². The molecule has 0 aliphatic heterocycles. The molecule has 2 rings (SSSR count). The number of H-pyrrole nitrogens is 1. The van der Waals surface area contributed by atoms with Crippen LogP contribution in [0.25, 0.3) is 11.0 Å². The molecule has 0 spiro atoms. The van der Waals surface area contributed by atoms with Crippen molar-refractivity contribution >= 4 is 23.0 Å². The summed E-state index contributed by atoms with van der Waals surface area (Å²) in [6.07, 6.45) is 0. The molecule has 2 aromatic rings. The van der Waals surface area contributed by atoms with Crippen molar-refractivity contribution < 1.29 is 19.4 Å². The van der Waals surface area contributed by atoms with Crippen LogP contribution >= 0.6 is 0 Å². The van der Waals surface area contributed by atoms with Gasteiger partial charge in [0.15, 0.2) is 0 Å². The fourth-order valence-corrected chi connectivity index (χ4v) is 1.82. The van der Waals surface area contributed by atoms with Crippen molar-refractivity contribution in [2.24, 2.45) is 0 Å². The van der Waals surface area contributed by atoms with Crippen molar-refractivity contribution in [1.29, 1.82) is 0 Å². The van der Waals surface area contributed by atoms with Gasteiger partial charge in [-0.25, -0.2) is 4.79 Å². The molecule has 8 nitrogen and oxygen atoms in total. The summed E-state index contributed by atoms with van der Waals surface area (Å²) in [5.41, 5.74) is -2.01. The highest BCUT2D eigenvalue weighted by Crippen LogP contribution is 2.14. The number of nitrogens with one attached hydrogen (secondary N) is 1. The van der Waals surface area contributed by atoms with Gasteiger partial charge in [0.1, 0.15) is 6.54 Å². The number of aromatic carboxylic acids is 1. The van der Waals surface area contributed by atoms with Gasteiger partial charge in [0.25, 0.3) is 0 Å². The summed E-state index contributed by atoms with van der Waals surface area (Å²) in [5, 5.41) is 9.06. The van der Waals surface area contributed by atoms with E-state index in [1.165, 1.54) is 18.2 Å². The monoisotopic (exact) mass is 278 g/mol. The lowest BCUT2D eigenvalue weighted by Gasteiger charge is -2.09. The van der Waals surface area contributed by atoms with Gasteiger partial charge >= 0.3 is 23.1 Å². The molecular formula is C12H10N2O6. The summed E-state index contributed by atoms with van der Waals surface area (Å²) in [7, 11) is 1.14. The Balaban J connectivity index is 2.86. The molecule has 1 aromatic heterocycles. The van der Waals surface area contributed by atoms with Crippen LogP contribution in [0.4, 0.5) is 0 Å². The van der Waals surface area contributed by atoms with E-state index in [1.807, 2.05) is 0 Å². The Bertz CT molecular complexity index is 817. The lowest BCUT2D eigenvalue weighted by molar-refractivity contribution is -0.141. The van der Waals surface area contributed by atoms with Crippen molar-refractivity contribution in [3.8, 4) is 0 Å². The molecule has 0 aliphatic rings. The Kier molecular flexibility index (Phi) is 3.38. The van der Waals surface area contributed by atoms with Gasteiger partial charge in [0, 0.05) is 0 Å². The predicted molar refractivity (Wildman–Crippen MR) is 67.8 cm³/mol. The van der Waals surface area contributed by atoms with Gasteiger partial charge in [-0.2, -0.15) is 0 Å². The number of rotatable bonds is 3. The highest BCUT2D eigenvalue weighted by Gasteiger charge is 2.16. The molecule has 0 aliphatic carbocycles. The maximum absolute atomic E-state index is 11.8. The predicted octanol–water partition coefficient (Wildman–Crippen LogP) is -0.439. The van der Waals surface area contributed by atoms with E-state index in [4.69, 9.17) is 5.11 Å². The largest absolute Gasteiger partial charge is 0.478 e. The molecule has 1 aromatic carbocycles. The summed E-state index contributed by atoms with van der Waals surface area (Å²) in [5.74, 6) is -1.98. The first-order valence-electron chi connectivity index (χ1n) is 5.51. The van der Waals surface area contributed by atoms with Crippen LogP contribution in [0.2, 0.25) is 0 Å². The maximum Gasteiger partial charge on any atom is 0.337 e. The summed E-state index contributed by atoms with van der Waals surface area (Å²) < 4.78 is 5.33. The second kappa shape index (κ2) is 5.00. The Morgan fingerprint density at radius 2 is 2.05 bits per heavy atom. The number of hydrogen-bond acceptors (Lipinski definition) is 5. The number of ether oxygens (including phenoxy) is 1. The number of carboxylic acid groups (broad SMARTS) is 1. The highest BCUT2D eigenvalue weighted by atomic mass is 16.5. The third-order valence-corrected chi connectivity index (χ3v) is 2.76. The van der Waals surface area contributed by atoms with E-state index in [0.29, 0.717) is 0 Å². The van der Waals surface area contributed by atoms with Crippen molar-refractivity contribution in [3.05, 3.63) is 44.5 Å². The van der Waals surface area contributed by atoms with Gasteiger partial charge in [-0.15, -0.1) is 0 Å². The van der Waals surface area contributed by atoms with Crippen LogP contribution in [0, 0.1) is 0 Å². The third kappa shape index (κ3) is 2.18. The average molecular weight is 278 g/mol. The maximum atomic E-state index is 11.8. The molecule has 0 bridgehead atoms. The summed E-state index contributed by atoms with van der Waals surface area (Å²) >= 11 is 0. The zero-order valence-electron chi connectivity index (χ0n) is 10.4. The second-order valence-corrected chi connectivity index (χ2v) is 3.93. The van der Waals surface area contributed by atoms with Gasteiger partial charge in [0.05, 0.1) is 23.7 Å². The van der Waals surface area contributed by atoms with E-state index in [9.17, 15) is 19.2 Å². The first kappa shape index (κ1) is 13.5. The Labute approximate surface area is 111 Å². The van der Waals surface area contributed by atoms with Crippen molar-refractivity contribution in [3.63, 3.8) is 0 Å². The van der Waals surface area contributed by atoms with Gasteiger partial charge in [0.2, 0.25) is 0 Å². The number of hydrogen-bond donors (Lipinski definition) is 2. The highest BCUT2D eigenvalue weighted by molar-refractivity contribution is 6.00. The summed E-state index contributed by atoms with van der Waals surface area (Å²) in [6, 6.07) is 4.13. The molecule has 1 heterocycles. The lowest BCUT2D eigenvalue weighted by Crippen LogP contribution is -2.38. The molecule has 0 fully saturated rings. The number of aromatic amines is 1. The summed E-state index contributed by atoms with van der Waals surface area (Å²) in [4.78, 5) is 48.0. The van der Waals surface area contributed by atoms with Crippen LogP contribution in [0.3, 0.4) is 0 Å². The van der Waals surface area contributed by atoms with Crippen LogP contribution in [0.15, 0.2) is 27.8 Å². The number of methoxy groups -OCH3 is 1. The molecule has 2 N–H and O–H groups in total. The van der Waals surface area contributed by atoms with E-state index in [0.717, 1.165) is 11.7 Å². The molecule has 0 saturated carbocycles. The number of aromatic nitrogens is 2. The fraction of sp³-hybridized carbons (Fsp3) is 0.167. The normalized spacial score (nSPS) is 10.4. The van der Waals surface area contributed by atoms with Gasteiger partial charge in [-0.05, 0) is 12.1 Å². The molecule has 20 heavy (non-hydrogen) atoms. The number of para-hydroxylation sites is 1. The first-order chi connectivity index (χ1) is 9.45. The number of fused-ring (bicyclic) bond motifs is 1. The van der Waals surface area contributed by atoms with Crippen LogP contribution in [-0.2, 0) is 16.1 Å². The molecule has 8 heteroatoms. The van der Waals surface area contributed by atoms with Gasteiger partial charge < -0.3 is 14.8 Å². The Morgan fingerprint density at radius 3 is 2.65 bits per heavy atom. The zero-order valence-corrected chi connectivity index (χ0v) is 10.4. The third-order valence-electron chi connectivity index (χ3n) is 2.76. The molecule has 104 valence electrons. The molecule has 0 atom stereocenters. The van der Waals surface area contributed by atoms with Crippen molar-refractivity contribution in [2.75, 3.05) is 7.11 Å². The molecule has 0 saturated heterocycles. The van der Waals surface area contributed by atoms with Crippen molar-refractivity contribution in [1.82, 2.24) is 9.55 Å². The van der Waals surface area contributed by atoms with E-state index in [2.05, 4.69) is 9.72 Å². The van der Waals surface area contributed by atoms with E-state index < -0.39 is 29.6 Å². The van der Waals surface area contributed by atoms with Gasteiger partial charge in [-0.3, -0.25) is 19.0 Å². The number of carboxylic acids is 1. The number of nitrogens with zero attached hydrogens (tertiary/aromatic N) is 1. The zero-order chi connectivity index (χ0) is 14.9. The SMILES string of the molecule is COC(=O)Cn1c(=O)c(=O)[nH]c2c(C(=O)O)cccc21. The Hall–Kier alpha value is -2.90. The van der Waals surface area contributed by atoms with Crippen LogP contribution in [0.1, 0.15) is 10.4 Å². The summed E-state index contributed by atoms with van der Waals surface area (Å²) in [6.45, 7) is -0.473.